The maximum atomic E-state index is 13.1. The Morgan fingerprint density at radius 3 is 1.39 bits per heavy atom. The van der Waals surface area contributed by atoms with E-state index in [9.17, 15) is 28.6 Å². The molecule has 2 amide bonds. The molecule has 0 radical (unpaired) electrons. The number of carbonyl (C=O) groups is 4. The molecular formula is C38H41N2O10P. The number of ketones is 2. The molecule has 0 heterocycles. The molecule has 0 bridgehead atoms. The molecule has 4 aromatic carbocycles. The molecule has 0 aliphatic rings. The predicted octanol–water partition coefficient (Wildman–Crippen LogP) is 7.59. The maximum absolute atomic E-state index is 13.1. The van der Waals surface area contributed by atoms with Crippen LogP contribution in [0.4, 0.5) is 11.4 Å². The van der Waals surface area contributed by atoms with Gasteiger partial charge in [0.15, 0.2) is 34.6 Å². The number of anilines is 2. The molecule has 0 fully saturated rings. The van der Waals surface area contributed by atoms with Crippen LogP contribution >= 0.6 is 7.82 Å². The Bertz CT molecular complexity index is 1810. The summed E-state index contributed by atoms with van der Waals surface area (Å²) in [5.41, 5.74) is 3.47. The lowest BCUT2D eigenvalue weighted by Gasteiger charge is -2.18. The number of methoxy groups -OCH3 is 2. The molecule has 0 aliphatic carbocycles. The van der Waals surface area contributed by atoms with Crippen molar-refractivity contribution in [3.8, 4) is 23.0 Å². The molecule has 12 nitrogen and oxygen atoms in total. The van der Waals surface area contributed by atoms with Crippen LogP contribution in [0.25, 0.3) is 0 Å². The number of phosphoric ester groups is 1. The lowest BCUT2D eigenvalue weighted by atomic mass is 10.0. The molecule has 3 N–H and O–H groups in total. The van der Waals surface area contributed by atoms with Crippen molar-refractivity contribution in [2.75, 3.05) is 24.9 Å². The van der Waals surface area contributed by atoms with Crippen LogP contribution in [-0.4, -0.2) is 42.5 Å². The summed E-state index contributed by atoms with van der Waals surface area (Å²) in [7, 11) is -1.99. The zero-order chi connectivity index (χ0) is 37.0. The number of ether oxygens (including phenoxy) is 2. The summed E-state index contributed by atoms with van der Waals surface area (Å²) in [5.74, 6) is -0.319. The number of Topliss-reactive ketones (excluding diaryl/α,β-unsaturated/α-hetero) is 2. The summed E-state index contributed by atoms with van der Waals surface area (Å²) < 4.78 is 34.6. The summed E-state index contributed by atoms with van der Waals surface area (Å²) in [6, 6.07) is 22.9. The highest BCUT2D eigenvalue weighted by Crippen LogP contribution is 2.49. The normalized spacial score (nSPS) is 10.9. The molecule has 0 saturated carbocycles. The molecular weight excluding hydrogens is 675 g/mol. The van der Waals surface area contributed by atoms with Gasteiger partial charge in [-0.2, -0.15) is 0 Å². The van der Waals surface area contributed by atoms with Gasteiger partial charge in [0.25, 0.3) is 0 Å². The standard InChI is InChI=1S/C38H41N2O10P/c1-5-37(43)39-29-11-7-9-27(23-29)31(41)17-13-25-15-19-33(35(21-25)47-3)49-51(45,46)50-34-20-16-26(22-36(34)48-4)14-18-32(42)28-10-8-12-30(24-28)40-38(44)6-2/h7-12,15-16,19-24H,5-6,13-14,17-18H2,1-4H3,(H,39,43)(H,40,44)(H,45,46). The summed E-state index contributed by atoms with van der Waals surface area (Å²) in [6.45, 7) is 3.49. The van der Waals surface area contributed by atoms with Crippen molar-refractivity contribution in [3.05, 3.63) is 107 Å². The van der Waals surface area contributed by atoms with Crippen LogP contribution < -0.4 is 29.2 Å². The molecule has 13 heteroatoms. The van der Waals surface area contributed by atoms with E-state index in [0.29, 0.717) is 48.2 Å². The van der Waals surface area contributed by atoms with Crippen LogP contribution in [0.3, 0.4) is 0 Å². The number of nitrogens with one attached hydrogen (secondary N) is 2. The van der Waals surface area contributed by atoms with Gasteiger partial charge in [0.1, 0.15) is 0 Å². The van der Waals surface area contributed by atoms with Gasteiger partial charge in [-0.15, -0.1) is 0 Å². The predicted molar refractivity (Wildman–Crippen MR) is 193 cm³/mol. The minimum Gasteiger partial charge on any atom is -0.493 e. The van der Waals surface area contributed by atoms with E-state index in [1.807, 2.05) is 0 Å². The van der Waals surface area contributed by atoms with Crippen LogP contribution in [0.5, 0.6) is 23.0 Å². The van der Waals surface area contributed by atoms with Crippen molar-refractivity contribution in [2.24, 2.45) is 0 Å². The van der Waals surface area contributed by atoms with E-state index in [0.717, 1.165) is 11.1 Å². The highest BCUT2D eigenvalue weighted by atomic mass is 31.2. The van der Waals surface area contributed by atoms with E-state index >= 15 is 0 Å². The Hall–Kier alpha value is -5.45. The van der Waals surface area contributed by atoms with Crippen molar-refractivity contribution in [1.82, 2.24) is 0 Å². The second kappa shape index (κ2) is 18.0. The van der Waals surface area contributed by atoms with E-state index in [2.05, 4.69) is 10.6 Å². The summed E-state index contributed by atoms with van der Waals surface area (Å²) in [6.07, 6.45) is 1.70. The van der Waals surface area contributed by atoms with Crippen LogP contribution in [0.15, 0.2) is 84.9 Å². The molecule has 0 saturated heterocycles. The van der Waals surface area contributed by atoms with Crippen molar-refractivity contribution < 1.29 is 47.2 Å². The van der Waals surface area contributed by atoms with Crippen LogP contribution in [0, 0.1) is 0 Å². The smallest absolute Gasteiger partial charge is 0.493 e. The Balaban J connectivity index is 1.36. The Labute approximate surface area is 296 Å². The van der Waals surface area contributed by atoms with E-state index in [1.54, 1.807) is 86.6 Å². The molecule has 4 aromatic rings. The lowest BCUT2D eigenvalue weighted by Crippen LogP contribution is -2.10. The van der Waals surface area contributed by atoms with E-state index in [1.165, 1.54) is 26.4 Å². The quantitative estimate of drug-likeness (QED) is 0.0690. The molecule has 268 valence electrons. The number of hydrogen-bond donors (Lipinski definition) is 3. The monoisotopic (exact) mass is 716 g/mol. The van der Waals surface area contributed by atoms with Crippen LogP contribution in [0.1, 0.15) is 71.4 Å². The highest BCUT2D eigenvalue weighted by Gasteiger charge is 2.29. The largest absolute Gasteiger partial charge is 0.585 e. The van der Waals surface area contributed by atoms with Crippen molar-refractivity contribution in [1.29, 1.82) is 0 Å². The number of amides is 2. The first-order valence-corrected chi connectivity index (χ1v) is 17.8. The molecule has 4 rings (SSSR count). The highest BCUT2D eigenvalue weighted by molar-refractivity contribution is 7.48. The van der Waals surface area contributed by atoms with Gasteiger partial charge in [0.05, 0.1) is 14.2 Å². The topological polar surface area (TPSA) is 167 Å². The SMILES string of the molecule is CCC(=O)Nc1cccc(C(=O)CCc2ccc(OP(=O)(O)Oc3ccc(CCC(=O)c4cccc(NC(=O)CC)c4)cc3OC)c(OC)c2)c1. The number of benzene rings is 4. The first-order chi connectivity index (χ1) is 24.4. The number of phosphoric acid groups is 1. The van der Waals surface area contributed by atoms with E-state index in [4.69, 9.17) is 18.5 Å². The number of aryl methyl sites for hydroxylation is 2. The van der Waals surface area contributed by atoms with Gasteiger partial charge < -0.3 is 29.2 Å². The fourth-order valence-electron chi connectivity index (χ4n) is 5.00. The second-order valence-electron chi connectivity index (χ2n) is 11.4. The first kappa shape index (κ1) is 38.4. The van der Waals surface area contributed by atoms with Gasteiger partial charge in [-0.25, -0.2) is 4.57 Å². The Kier molecular flexibility index (Phi) is 13.5. The first-order valence-electron chi connectivity index (χ1n) is 16.4. The minimum absolute atomic E-state index is 0.0507. The number of rotatable bonds is 18. The third kappa shape index (κ3) is 11.3. The molecule has 0 spiro atoms. The Morgan fingerprint density at radius 2 is 1.02 bits per heavy atom. The summed E-state index contributed by atoms with van der Waals surface area (Å²) in [4.78, 5) is 59.8. The van der Waals surface area contributed by atoms with Crippen LogP contribution in [0.2, 0.25) is 0 Å². The molecule has 0 aliphatic heterocycles. The van der Waals surface area contributed by atoms with Gasteiger partial charge in [-0.1, -0.05) is 50.2 Å². The molecule has 0 atom stereocenters. The zero-order valence-electron chi connectivity index (χ0n) is 28.9. The third-order valence-electron chi connectivity index (χ3n) is 7.74. The average molecular weight is 717 g/mol. The number of hydrogen-bond acceptors (Lipinski definition) is 9. The number of carbonyl (C=O) groups excluding carboxylic acids is 4. The Morgan fingerprint density at radius 1 is 0.608 bits per heavy atom. The van der Waals surface area contributed by atoms with Crippen molar-refractivity contribution >= 4 is 42.6 Å². The summed E-state index contributed by atoms with van der Waals surface area (Å²) >= 11 is 0. The maximum Gasteiger partial charge on any atom is 0.585 e. The van der Waals surface area contributed by atoms with Crippen molar-refractivity contribution in [3.63, 3.8) is 0 Å². The molecule has 0 aromatic heterocycles. The summed E-state index contributed by atoms with van der Waals surface area (Å²) in [5, 5.41) is 5.49. The van der Waals surface area contributed by atoms with E-state index in [-0.39, 0.29) is 59.2 Å². The fraction of sp³-hybridized carbons (Fsp3) is 0.263. The molecule has 51 heavy (non-hydrogen) atoms. The van der Waals surface area contributed by atoms with Crippen molar-refractivity contribution in [2.45, 2.75) is 52.4 Å². The van der Waals surface area contributed by atoms with Gasteiger partial charge >= 0.3 is 7.82 Å². The lowest BCUT2D eigenvalue weighted by molar-refractivity contribution is -0.116. The van der Waals surface area contributed by atoms with Gasteiger partial charge in [0, 0.05) is 48.2 Å². The zero-order valence-corrected chi connectivity index (χ0v) is 29.8. The van der Waals surface area contributed by atoms with Gasteiger partial charge in [-0.05, 0) is 72.5 Å². The molecule has 0 unspecified atom stereocenters. The van der Waals surface area contributed by atoms with Crippen LogP contribution in [-0.2, 0) is 27.0 Å². The second-order valence-corrected chi connectivity index (χ2v) is 12.7. The minimum atomic E-state index is -4.75. The fourth-order valence-corrected chi connectivity index (χ4v) is 5.83. The van der Waals surface area contributed by atoms with E-state index < -0.39 is 7.82 Å². The third-order valence-corrected chi connectivity index (χ3v) is 8.60. The van der Waals surface area contributed by atoms with Gasteiger partial charge in [0.2, 0.25) is 11.8 Å². The average Bonchev–Trinajstić information content (AvgIpc) is 3.13. The van der Waals surface area contributed by atoms with Gasteiger partial charge in [-0.3, -0.25) is 24.1 Å².